The second-order valence-electron chi connectivity index (χ2n) is 2.53. The van der Waals surface area contributed by atoms with Crippen LogP contribution in [0.15, 0.2) is 39.7 Å². The first-order chi connectivity index (χ1) is 6.27. The summed E-state index contributed by atoms with van der Waals surface area (Å²) in [4.78, 5) is 0. The molecule has 0 radical (unpaired) electrons. The Labute approximate surface area is 88.6 Å². The number of hydrogen-bond acceptors (Lipinski definition) is 2. The number of halogens is 2. The van der Waals surface area contributed by atoms with Gasteiger partial charge in [-0.15, -0.1) is 0 Å². The third kappa shape index (κ3) is 1.76. The summed E-state index contributed by atoms with van der Waals surface area (Å²) >= 11 is 9.05. The van der Waals surface area contributed by atoms with Crippen LogP contribution in [0.4, 0.5) is 0 Å². The fraction of sp³-hybridized carbons (Fsp3) is 0. The van der Waals surface area contributed by atoms with E-state index in [0.717, 1.165) is 16.1 Å². The van der Waals surface area contributed by atoms with Crippen molar-refractivity contribution >= 4 is 27.5 Å². The molecule has 0 N–H and O–H groups in total. The van der Waals surface area contributed by atoms with Crippen molar-refractivity contribution in [3.05, 3.63) is 40.2 Å². The Morgan fingerprint density at radius 2 is 1.92 bits per heavy atom. The average Bonchev–Trinajstić information content (AvgIpc) is 2.53. The van der Waals surface area contributed by atoms with E-state index in [-0.39, 0.29) is 0 Å². The molecule has 2 nitrogen and oxygen atoms in total. The van der Waals surface area contributed by atoms with Crippen molar-refractivity contribution in [2.24, 2.45) is 0 Å². The lowest BCUT2D eigenvalue weighted by Gasteiger charge is -1.96. The molecule has 0 aliphatic heterocycles. The van der Waals surface area contributed by atoms with Crippen molar-refractivity contribution in [2.75, 3.05) is 0 Å². The van der Waals surface area contributed by atoms with Crippen molar-refractivity contribution in [3.63, 3.8) is 0 Å². The summed E-state index contributed by atoms with van der Waals surface area (Å²) in [5.41, 5.74) is 1.95. The van der Waals surface area contributed by atoms with Crippen LogP contribution in [0.5, 0.6) is 0 Å². The molecule has 0 atom stereocenters. The van der Waals surface area contributed by atoms with Crippen molar-refractivity contribution in [1.29, 1.82) is 0 Å². The van der Waals surface area contributed by atoms with Gasteiger partial charge in [-0.2, -0.15) is 0 Å². The normalized spacial score (nSPS) is 10.3. The van der Waals surface area contributed by atoms with Gasteiger partial charge in [-0.1, -0.05) is 28.9 Å². The van der Waals surface area contributed by atoms with Crippen LogP contribution in [0.2, 0.25) is 5.02 Å². The van der Waals surface area contributed by atoms with Crippen molar-refractivity contribution in [2.45, 2.75) is 0 Å². The highest BCUT2D eigenvalue weighted by Crippen LogP contribution is 2.27. The van der Waals surface area contributed by atoms with Crippen LogP contribution in [0.25, 0.3) is 11.1 Å². The zero-order valence-corrected chi connectivity index (χ0v) is 8.84. The minimum Gasteiger partial charge on any atom is -0.363 e. The molecule has 0 spiro atoms. The van der Waals surface area contributed by atoms with Crippen LogP contribution in [0, 0.1) is 0 Å². The van der Waals surface area contributed by atoms with E-state index >= 15 is 0 Å². The Balaban J connectivity index is 2.47. The van der Waals surface area contributed by atoms with Gasteiger partial charge in [0.25, 0.3) is 0 Å². The second kappa shape index (κ2) is 3.52. The standard InChI is InChI=1S/C9H5BrClNO/c10-9-8(5-13-12-9)6-1-3-7(11)4-2-6/h1-5H. The van der Waals surface area contributed by atoms with Gasteiger partial charge in [0.1, 0.15) is 6.26 Å². The Bertz CT molecular complexity index is 410. The molecule has 0 fully saturated rings. The molecule has 2 aromatic rings. The molecular weight excluding hydrogens is 253 g/mol. The molecule has 0 bridgehead atoms. The fourth-order valence-electron chi connectivity index (χ4n) is 1.04. The van der Waals surface area contributed by atoms with E-state index in [4.69, 9.17) is 16.1 Å². The molecule has 2 rings (SSSR count). The first kappa shape index (κ1) is 8.78. The molecule has 0 unspecified atom stereocenters. The van der Waals surface area contributed by atoms with Gasteiger partial charge in [-0.3, -0.25) is 0 Å². The van der Waals surface area contributed by atoms with Crippen LogP contribution >= 0.6 is 27.5 Å². The largest absolute Gasteiger partial charge is 0.363 e. The predicted molar refractivity (Wildman–Crippen MR) is 54.6 cm³/mol. The third-order valence-electron chi connectivity index (χ3n) is 1.68. The highest BCUT2D eigenvalue weighted by atomic mass is 79.9. The average molecular weight is 259 g/mol. The van der Waals surface area contributed by atoms with Gasteiger partial charge in [0.05, 0.1) is 5.56 Å². The molecular formula is C9H5BrClNO. The fourth-order valence-corrected chi connectivity index (χ4v) is 1.57. The number of aromatic nitrogens is 1. The lowest BCUT2D eigenvalue weighted by molar-refractivity contribution is 0.416. The molecule has 0 amide bonds. The van der Waals surface area contributed by atoms with Crippen LogP contribution in [0.3, 0.4) is 0 Å². The molecule has 0 aliphatic rings. The monoisotopic (exact) mass is 257 g/mol. The summed E-state index contributed by atoms with van der Waals surface area (Å²) < 4.78 is 5.50. The molecule has 1 heterocycles. The minimum atomic E-state index is 0.704. The molecule has 1 aromatic carbocycles. The number of nitrogens with zero attached hydrogens (tertiary/aromatic N) is 1. The molecule has 13 heavy (non-hydrogen) atoms. The number of rotatable bonds is 1. The van der Waals surface area contributed by atoms with Gasteiger partial charge in [0, 0.05) is 5.02 Å². The van der Waals surface area contributed by atoms with E-state index in [2.05, 4.69) is 21.1 Å². The van der Waals surface area contributed by atoms with E-state index in [1.54, 1.807) is 6.26 Å². The molecule has 66 valence electrons. The highest BCUT2D eigenvalue weighted by molar-refractivity contribution is 9.10. The molecule has 0 saturated heterocycles. The maximum Gasteiger partial charge on any atom is 0.157 e. The van der Waals surface area contributed by atoms with E-state index in [9.17, 15) is 0 Å². The molecule has 0 aliphatic carbocycles. The summed E-state index contributed by atoms with van der Waals surface area (Å²) in [5.74, 6) is 0. The van der Waals surface area contributed by atoms with E-state index in [1.807, 2.05) is 24.3 Å². The van der Waals surface area contributed by atoms with Gasteiger partial charge in [-0.05, 0) is 33.6 Å². The Hall–Kier alpha value is -0.800. The number of benzene rings is 1. The molecule has 1 aromatic heterocycles. The minimum absolute atomic E-state index is 0.704. The van der Waals surface area contributed by atoms with E-state index in [1.165, 1.54) is 0 Å². The smallest absolute Gasteiger partial charge is 0.157 e. The van der Waals surface area contributed by atoms with Crippen molar-refractivity contribution in [1.82, 2.24) is 5.16 Å². The molecule has 0 saturated carbocycles. The van der Waals surface area contributed by atoms with Gasteiger partial charge < -0.3 is 4.52 Å². The van der Waals surface area contributed by atoms with Gasteiger partial charge in [0.15, 0.2) is 4.60 Å². The second-order valence-corrected chi connectivity index (χ2v) is 3.71. The summed E-state index contributed by atoms with van der Waals surface area (Å²) in [6.07, 6.45) is 1.59. The summed E-state index contributed by atoms with van der Waals surface area (Å²) in [6.45, 7) is 0. The lowest BCUT2D eigenvalue weighted by Crippen LogP contribution is -1.74. The zero-order valence-electron chi connectivity index (χ0n) is 6.50. The lowest BCUT2D eigenvalue weighted by atomic mass is 10.1. The maximum absolute atomic E-state index is 5.76. The van der Waals surface area contributed by atoms with Crippen LogP contribution in [0.1, 0.15) is 0 Å². The van der Waals surface area contributed by atoms with E-state index in [0.29, 0.717) is 4.60 Å². The SMILES string of the molecule is Clc1ccc(-c2conc2Br)cc1. The summed E-state index contributed by atoms with van der Waals surface area (Å²) in [5, 5.41) is 4.44. The topological polar surface area (TPSA) is 26.0 Å². The van der Waals surface area contributed by atoms with Gasteiger partial charge in [0.2, 0.25) is 0 Å². The van der Waals surface area contributed by atoms with Crippen LogP contribution < -0.4 is 0 Å². The van der Waals surface area contributed by atoms with Crippen molar-refractivity contribution in [3.8, 4) is 11.1 Å². The first-order valence-corrected chi connectivity index (χ1v) is 4.80. The Kier molecular flexibility index (Phi) is 2.38. The number of hydrogen-bond donors (Lipinski definition) is 0. The van der Waals surface area contributed by atoms with E-state index < -0.39 is 0 Å². The van der Waals surface area contributed by atoms with Gasteiger partial charge >= 0.3 is 0 Å². The molecule has 4 heteroatoms. The Morgan fingerprint density at radius 1 is 1.23 bits per heavy atom. The maximum atomic E-state index is 5.76. The highest BCUT2D eigenvalue weighted by Gasteiger charge is 2.06. The zero-order chi connectivity index (χ0) is 9.26. The first-order valence-electron chi connectivity index (χ1n) is 3.63. The van der Waals surface area contributed by atoms with Gasteiger partial charge in [-0.25, -0.2) is 0 Å². The third-order valence-corrected chi connectivity index (χ3v) is 2.50. The summed E-state index contributed by atoms with van der Waals surface area (Å²) in [6, 6.07) is 7.49. The quantitative estimate of drug-likeness (QED) is 0.778. The predicted octanol–water partition coefficient (Wildman–Crippen LogP) is 3.76. The Morgan fingerprint density at radius 3 is 2.46 bits per heavy atom. The van der Waals surface area contributed by atoms with Crippen LogP contribution in [-0.4, -0.2) is 5.16 Å². The van der Waals surface area contributed by atoms with Crippen LogP contribution in [-0.2, 0) is 0 Å². The summed E-state index contributed by atoms with van der Waals surface area (Å²) in [7, 11) is 0. The van der Waals surface area contributed by atoms with Crippen molar-refractivity contribution < 1.29 is 4.52 Å².